The average Bonchev–Trinajstić information content (AvgIpc) is 2.42. The highest BCUT2D eigenvalue weighted by Crippen LogP contribution is 2.25. The van der Waals surface area contributed by atoms with Crippen LogP contribution in [0.4, 0.5) is 0 Å². The number of carbonyl (C=O) groups excluding carboxylic acids is 1. The van der Waals surface area contributed by atoms with Gasteiger partial charge in [-0.3, -0.25) is 4.79 Å². The number of nitrogens with zero attached hydrogens (tertiary/aromatic N) is 1. The lowest BCUT2D eigenvalue weighted by Gasteiger charge is -2.25. The summed E-state index contributed by atoms with van der Waals surface area (Å²) in [6.07, 6.45) is 0. The van der Waals surface area contributed by atoms with Crippen molar-refractivity contribution in [2.45, 2.75) is 46.1 Å². The Morgan fingerprint density at radius 3 is 2.33 bits per heavy atom. The van der Waals surface area contributed by atoms with E-state index in [1.54, 1.807) is 6.07 Å². The number of benzene rings is 1. The van der Waals surface area contributed by atoms with Gasteiger partial charge in [-0.15, -0.1) is 0 Å². The largest absolute Gasteiger partial charge is 0.409 e. The maximum atomic E-state index is 12.5. The van der Waals surface area contributed by atoms with E-state index < -0.39 is 6.04 Å². The Morgan fingerprint density at radius 2 is 1.86 bits per heavy atom. The summed E-state index contributed by atoms with van der Waals surface area (Å²) in [5.74, 6) is -0.191. The molecule has 1 rings (SSSR count). The average molecular weight is 291 g/mol. The molecule has 1 atom stereocenters. The van der Waals surface area contributed by atoms with Crippen LogP contribution in [0.15, 0.2) is 29.4 Å². The molecule has 21 heavy (non-hydrogen) atoms. The Morgan fingerprint density at radius 1 is 1.29 bits per heavy atom. The molecule has 5 nitrogen and oxygen atoms in total. The van der Waals surface area contributed by atoms with E-state index in [2.05, 4.69) is 31.2 Å². The Labute approximate surface area is 126 Å². The first kappa shape index (κ1) is 17.0. The molecule has 116 valence electrons. The molecule has 1 aromatic rings. The van der Waals surface area contributed by atoms with Gasteiger partial charge in [-0.05, 0) is 23.0 Å². The fourth-order valence-electron chi connectivity index (χ4n) is 2.20. The molecule has 1 unspecified atom stereocenters. The second-order valence-electron chi connectivity index (χ2n) is 6.52. The first-order valence-corrected chi connectivity index (χ1v) is 7.06. The van der Waals surface area contributed by atoms with Crippen molar-refractivity contribution in [3.8, 4) is 0 Å². The van der Waals surface area contributed by atoms with Gasteiger partial charge in [0.1, 0.15) is 0 Å². The van der Waals surface area contributed by atoms with E-state index in [1.165, 1.54) is 0 Å². The normalized spacial score (nSPS) is 14.1. The van der Waals surface area contributed by atoms with E-state index in [0.717, 1.165) is 5.56 Å². The van der Waals surface area contributed by atoms with Gasteiger partial charge in [0, 0.05) is 5.56 Å². The molecule has 0 saturated heterocycles. The van der Waals surface area contributed by atoms with Crippen LogP contribution in [-0.4, -0.2) is 23.0 Å². The summed E-state index contributed by atoms with van der Waals surface area (Å²) in [6, 6.07) is 6.98. The van der Waals surface area contributed by atoms with E-state index in [4.69, 9.17) is 10.9 Å². The topological polar surface area (TPSA) is 87.7 Å². The Kier molecular flexibility index (Phi) is 5.35. The Bertz CT molecular complexity index is 531. The Balaban J connectivity index is 3.10. The van der Waals surface area contributed by atoms with Crippen LogP contribution in [0.3, 0.4) is 0 Å². The quantitative estimate of drug-likeness (QED) is 0.345. The minimum absolute atomic E-state index is 0.00610. The molecular formula is C16H25N3O2. The third-order valence-electron chi connectivity index (χ3n) is 3.37. The number of nitrogens with one attached hydrogen (secondary N) is 1. The van der Waals surface area contributed by atoms with E-state index >= 15 is 0 Å². The zero-order valence-corrected chi connectivity index (χ0v) is 13.3. The van der Waals surface area contributed by atoms with Crippen molar-refractivity contribution in [2.24, 2.45) is 16.8 Å². The minimum atomic E-state index is -0.504. The molecule has 0 aliphatic heterocycles. The number of amides is 1. The predicted molar refractivity (Wildman–Crippen MR) is 84.6 cm³/mol. The van der Waals surface area contributed by atoms with Gasteiger partial charge in [-0.25, -0.2) is 0 Å². The Hall–Kier alpha value is -2.04. The molecule has 5 heteroatoms. The molecule has 0 aromatic heterocycles. The SMILES string of the molecule is CC(C)C(NC(=O)c1ccccc1C(C)(C)C)/C(N)=N/O. The van der Waals surface area contributed by atoms with Crippen LogP contribution in [0.2, 0.25) is 0 Å². The highest BCUT2D eigenvalue weighted by molar-refractivity contribution is 5.99. The fraction of sp³-hybridized carbons (Fsp3) is 0.500. The van der Waals surface area contributed by atoms with Gasteiger partial charge in [0.25, 0.3) is 5.91 Å². The lowest BCUT2D eigenvalue weighted by molar-refractivity contribution is 0.0936. The van der Waals surface area contributed by atoms with E-state index in [0.29, 0.717) is 5.56 Å². The van der Waals surface area contributed by atoms with E-state index in [-0.39, 0.29) is 23.1 Å². The molecule has 0 heterocycles. The first-order valence-electron chi connectivity index (χ1n) is 7.06. The maximum Gasteiger partial charge on any atom is 0.252 e. The van der Waals surface area contributed by atoms with Crippen molar-refractivity contribution in [3.63, 3.8) is 0 Å². The monoisotopic (exact) mass is 291 g/mol. The van der Waals surface area contributed by atoms with Gasteiger partial charge in [-0.2, -0.15) is 0 Å². The number of rotatable bonds is 4. The first-order chi connectivity index (χ1) is 9.68. The van der Waals surface area contributed by atoms with Crippen LogP contribution in [-0.2, 0) is 5.41 Å². The molecule has 0 aliphatic rings. The summed E-state index contributed by atoms with van der Waals surface area (Å²) >= 11 is 0. The minimum Gasteiger partial charge on any atom is -0.409 e. The molecule has 1 amide bonds. The van der Waals surface area contributed by atoms with Crippen LogP contribution in [0.1, 0.15) is 50.5 Å². The van der Waals surface area contributed by atoms with Crippen LogP contribution < -0.4 is 11.1 Å². The highest BCUT2D eigenvalue weighted by atomic mass is 16.4. The molecule has 4 N–H and O–H groups in total. The van der Waals surface area contributed by atoms with Crippen molar-refractivity contribution in [3.05, 3.63) is 35.4 Å². The lowest BCUT2D eigenvalue weighted by atomic mass is 9.83. The molecule has 0 spiro atoms. The summed E-state index contributed by atoms with van der Waals surface area (Å²) < 4.78 is 0. The number of oxime groups is 1. The zero-order valence-electron chi connectivity index (χ0n) is 13.3. The maximum absolute atomic E-state index is 12.5. The molecule has 0 fully saturated rings. The molecule has 0 aliphatic carbocycles. The third kappa shape index (κ3) is 4.21. The van der Waals surface area contributed by atoms with Gasteiger partial charge in [0.2, 0.25) is 0 Å². The van der Waals surface area contributed by atoms with Crippen LogP contribution in [0, 0.1) is 5.92 Å². The fourth-order valence-corrected chi connectivity index (χ4v) is 2.20. The third-order valence-corrected chi connectivity index (χ3v) is 3.37. The van der Waals surface area contributed by atoms with Crippen molar-refractivity contribution in [1.82, 2.24) is 5.32 Å². The summed E-state index contributed by atoms with van der Waals surface area (Å²) in [5, 5.41) is 14.7. The number of carbonyl (C=O) groups is 1. The molecule has 0 bridgehead atoms. The van der Waals surface area contributed by atoms with E-state index in [9.17, 15) is 4.79 Å². The number of nitrogens with two attached hydrogens (primary N) is 1. The van der Waals surface area contributed by atoms with Crippen LogP contribution in [0.25, 0.3) is 0 Å². The van der Waals surface area contributed by atoms with Crippen molar-refractivity contribution >= 4 is 11.7 Å². The highest BCUT2D eigenvalue weighted by Gasteiger charge is 2.25. The molecule has 0 saturated carbocycles. The summed E-state index contributed by atoms with van der Waals surface area (Å²) in [5.41, 5.74) is 7.09. The van der Waals surface area contributed by atoms with Gasteiger partial charge in [-0.1, -0.05) is 58.0 Å². The van der Waals surface area contributed by atoms with Crippen LogP contribution >= 0.6 is 0 Å². The van der Waals surface area contributed by atoms with E-state index in [1.807, 2.05) is 32.0 Å². The number of hydrogen-bond acceptors (Lipinski definition) is 3. The second kappa shape index (κ2) is 6.61. The van der Waals surface area contributed by atoms with Crippen molar-refractivity contribution in [2.75, 3.05) is 0 Å². The standard InChI is InChI=1S/C16H25N3O2/c1-10(2)13(14(17)19-21)18-15(20)11-8-6-7-9-12(11)16(3,4)5/h6-10,13,21H,1-5H3,(H2,17,19)(H,18,20). The zero-order chi connectivity index (χ0) is 16.2. The molecule has 0 radical (unpaired) electrons. The van der Waals surface area contributed by atoms with Crippen molar-refractivity contribution < 1.29 is 10.0 Å². The number of hydrogen-bond donors (Lipinski definition) is 3. The van der Waals surface area contributed by atoms with Crippen molar-refractivity contribution in [1.29, 1.82) is 0 Å². The molecule has 1 aromatic carbocycles. The lowest BCUT2D eigenvalue weighted by Crippen LogP contribution is -2.48. The second-order valence-corrected chi connectivity index (χ2v) is 6.52. The smallest absolute Gasteiger partial charge is 0.252 e. The van der Waals surface area contributed by atoms with Gasteiger partial charge >= 0.3 is 0 Å². The summed E-state index contributed by atoms with van der Waals surface area (Å²) in [6.45, 7) is 9.98. The number of amidine groups is 1. The predicted octanol–water partition coefficient (Wildman–Crippen LogP) is 2.48. The van der Waals surface area contributed by atoms with Gasteiger partial charge in [0.05, 0.1) is 6.04 Å². The van der Waals surface area contributed by atoms with Gasteiger partial charge in [0.15, 0.2) is 5.84 Å². The van der Waals surface area contributed by atoms with Crippen LogP contribution in [0.5, 0.6) is 0 Å². The summed E-state index contributed by atoms with van der Waals surface area (Å²) in [7, 11) is 0. The molecular weight excluding hydrogens is 266 g/mol. The van der Waals surface area contributed by atoms with Gasteiger partial charge < -0.3 is 16.3 Å². The summed E-state index contributed by atoms with van der Waals surface area (Å²) in [4.78, 5) is 12.5.